The first kappa shape index (κ1) is 22.1. The van der Waals surface area contributed by atoms with Crippen molar-refractivity contribution >= 4 is 12.3 Å². The van der Waals surface area contributed by atoms with E-state index in [2.05, 4.69) is 0 Å². The maximum Gasteiger partial charge on any atom is 0.306 e. The van der Waals surface area contributed by atoms with Gasteiger partial charge >= 0.3 is 5.97 Å². The van der Waals surface area contributed by atoms with Gasteiger partial charge in [0.2, 0.25) is 0 Å². The molecule has 0 bridgehead atoms. The maximum absolute atomic E-state index is 13.6. The zero-order chi connectivity index (χ0) is 19.4. The van der Waals surface area contributed by atoms with Crippen molar-refractivity contribution in [2.45, 2.75) is 77.7 Å². The first-order chi connectivity index (χ1) is 12.3. The fraction of sp³-hybridized carbons (Fsp3) is 0.619. The van der Waals surface area contributed by atoms with Crippen LogP contribution in [0.25, 0.3) is 0 Å². The summed E-state index contributed by atoms with van der Waals surface area (Å²) in [6.07, 6.45) is 8.22. The summed E-state index contributed by atoms with van der Waals surface area (Å²) < 4.78 is 24.3. The molecular formula is C21H31FO4. The van der Waals surface area contributed by atoms with Gasteiger partial charge in [-0.1, -0.05) is 32.1 Å². The van der Waals surface area contributed by atoms with Crippen molar-refractivity contribution in [1.29, 1.82) is 0 Å². The standard InChI is InChI=1S/C21H31FO4/c1-21(2,3)26-20(24)11-9-7-5-4-6-8-10-14-25-19-13-12-17(16-23)15-18(19)22/h12-13,15-16H,4-11,14H2,1-3H3. The third kappa shape index (κ3) is 10.2. The van der Waals surface area contributed by atoms with Crippen LogP contribution in [-0.2, 0) is 9.53 Å². The molecular weight excluding hydrogens is 335 g/mol. The summed E-state index contributed by atoms with van der Waals surface area (Å²) in [4.78, 5) is 22.1. The van der Waals surface area contributed by atoms with Crippen molar-refractivity contribution < 1.29 is 23.5 Å². The van der Waals surface area contributed by atoms with Crippen molar-refractivity contribution in [2.75, 3.05) is 6.61 Å². The molecule has 146 valence electrons. The van der Waals surface area contributed by atoms with E-state index in [9.17, 15) is 14.0 Å². The Hall–Kier alpha value is -1.91. The van der Waals surface area contributed by atoms with E-state index in [1.165, 1.54) is 12.1 Å². The average Bonchev–Trinajstić information content (AvgIpc) is 2.56. The lowest BCUT2D eigenvalue weighted by Gasteiger charge is -2.19. The number of esters is 1. The summed E-state index contributed by atoms with van der Waals surface area (Å²) in [6, 6.07) is 4.21. The van der Waals surface area contributed by atoms with Crippen molar-refractivity contribution in [1.82, 2.24) is 0 Å². The Kier molecular flexibility index (Phi) is 9.92. The van der Waals surface area contributed by atoms with Crippen LogP contribution in [0.5, 0.6) is 5.75 Å². The number of ether oxygens (including phenoxy) is 2. The molecule has 0 aromatic heterocycles. The molecule has 4 nitrogen and oxygen atoms in total. The minimum atomic E-state index is -0.500. The minimum Gasteiger partial charge on any atom is -0.491 e. The highest BCUT2D eigenvalue weighted by Gasteiger charge is 2.15. The topological polar surface area (TPSA) is 52.6 Å². The van der Waals surface area contributed by atoms with Gasteiger partial charge in [-0.05, 0) is 51.8 Å². The molecule has 26 heavy (non-hydrogen) atoms. The molecule has 0 atom stereocenters. The van der Waals surface area contributed by atoms with Gasteiger partial charge in [-0.3, -0.25) is 9.59 Å². The van der Waals surface area contributed by atoms with Crippen LogP contribution in [0.15, 0.2) is 18.2 Å². The molecule has 0 fully saturated rings. The Morgan fingerprint density at radius 3 is 2.23 bits per heavy atom. The molecule has 1 rings (SSSR count). The zero-order valence-electron chi connectivity index (χ0n) is 16.2. The number of carbonyl (C=O) groups is 2. The molecule has 0 radical (unpaired) electrons. The van der Waals surface area contributed by atoms with E-state index in [0.29, 0.717) is 24.9 Å². The molecule has 0 aliphatic carbocycles. The number of hydrogen-bond donors (Lipinski definition) is 0. The van der Waals surface area contributed by atoms with Crippen LogP contribution >= 0.6 is 0 Å². The molecule has 0 N–H and O–H groups in total. The van der Waals surface area contributed by atoms with E-state index in [1.807, 2.05) is 20.8 Å². The van der Waals surface area contributed by atoms with Gasteiger partial charge in [0.25, 0.3) is 0 Å². The number of unbranched alkanes of at least 4 members (excludes halogenated alkanes) is 6. The lowest BCUT2D eigenvalue weighted by molar-refractivity contribution is -0.154. The van der Waals surface area contributed by atoms with E-state index in [4.69, 9.17) is 9.47 Å². The lowest BCUT2D eigenvalue weighted by atomic mass is 10.1. The Morgan fingerprint density at radius 2 is 1.65 bits per heavy atom. The van der Waals surface area contributed by atoms with Crippen LogP contribution in [0.4, 0.5) is 4.39 Å². The van der Waals surface area contributed by atoms with Crippen LogP contribution in [0.3, 0.4) is 0 Å². The first-order valence-corrected chi connectivity index (χ1v) is 9.41. The Balaban J connectivity index is 1.98. The Bertz CT molecular complexity index is 564. The van der Waals surface area contributed by atoms with Crippen molar-refractivity contribution in [3.05, 3.63) is 29.6 Å². The van der Waals surface area contributed by atoms with Gasteiger partial charge in [-0.25, -0.2) is 4.39 Å². The number of hydrogen-bond acceptors (Lipinski definition) is 4. The number of halogens is 1. The van der Waals surface area contributed by atoms with Crippen LogP contribution in [0, 0.1) is 5.82 Å². The predicted molar refractivity (Wildman–Crippen MR) is 100 cm³/mol. The van der Waals surface area contributed by atoms with E-state index in [0.717, 1.165) is 44.9 Å². The maximum atomic E-state index is 13.6. The summed E-state index contributed by atoms with van der Waals surface area (Å²) in [6.45, 7) is 6.10. The summed E-state index contributed by atoms with van der Waals surface area (Å²) >= 11 is 0. The molecule has 1 aromatic carbocycles. The molecule has 0 aliphatic heterocycles. The number of carbonyl (C=O) groups excluding carboxylic acids is 2. The van der Waals surface area contributed by atoms with Crippen molar-refractivity contribution in [3.8, 4) is 5.75 Å². The quantitative estimate of drug-likeness (QED) is 0.279. The second-order valence-corrected chi connectivity index (χ2v) is 7.47. The van der Waals surface area contributed by atoms with Gasteiger partial charge in [0.05, 0.1) is 6.61 Å². The van der Waals surface area contributed by atoms with Crippen LogP contribution in [0.2, 0.25) is 0 Å². The second-order valence-electron chi connectivity index (χ2n) is 7.47. The highest BCUT2D eigenvalue weighted by Crippen LogP contribution is 2.18. The second kappa shape index (κ2) is 11.7. The minimum absolute atomic E-state index is 0.122. The largest absolute Gasteiger partial charge is 0.491 e. The molecule has 0 saturated heterocycles. The zero-order valence-corrected chi connectivity index (χ0v) is 16.2. The molecule has 0 spiro atoms. The van der Waals surface area contributed by atoms with Crippen LogP contribution in [-0.4, -0.2) is 24.5 Å². The van der Waals surface area contributed by atoms with E-state index < -0.39 is 11.4 Å². The molecule has 1 aromatic rings. The first-order valence-electron chi connectivity index (χ1n) is 9.41. The average molecular weight is 366 g/mol. The lowest BCUT2D eigenvalue weighted by Crippen LogP contribution is -2.23. The fourth-order valence-electron chi connectivity index (χ4n) is 2.54. The molecule has 0 aliphatic rings. The van der Waals surface area contributed by atoms with Gasteiger partial charge < -0.3 is 9.47 Å². The van der Waals surface area contributed by atoms with Gasteiger partial charge in [0.15, 0.2) is 11.6 Å². The van der Waals surface area contributed by atoms with Crippen molar-refractivity contribution in [3.63, 3.8) is 0 Å². The Labute approximate surface area is 156 Å². The molecule has 0 unspecified atom stereocenters. The van der Waals surface area contributed by atoms with Crippen LogP contribution in [0.1, 0.15) is 82.5 Å². The summed E-state index contributed by atoms with van der Waals surface area (Å²) in [7, 11) is 0. The molecule has 0 heterocycles. The number of rotatable bonds is 12. The van der Waals surface area contributed by atoms with E-state index in [1.54, 1.807) is 6.07 Å². The van der Waals surface area contributed by atoms with E-state index in [-0.39, 0.29) is 11.7 Å². The SMILES string of the molecule is CC(C)(C)OC(=O)CCCCCCCCCOc1ccc(C=O)cc1F. The highest BCUT2D eigenvalue weighted by atomic mass is 19.1. The summed E-state index contributed by atoms with van der Waals surface area (Å²) in [5, 5.41) is 0. The predicted octanol–water partition coefficient (Wildman–Crippen LogP) is 5.48. The fourth-order valence-corrected chi connectivity index (χ4v) is 2.54. The molecule has 5 heteroatoms. The summed E-state index contributed by atoms with van der Waals surface area (Å²) in [5.74, 6) is -0.430. The third-order valence-corrected chi connectivity index (χ3v) is 3.79. The smallest absolute Gasteiger partial charge is 0.306 e. The van der Waals surface area contributed by atoms with Gasteiger partial charge in [-0.2, -0.15) is 0 Å². The highest BCUT2D eigenvalue weighted by molar-refractivity contribution is 5.75. The van der Waals surface area contributed by atoms with Gasteiger partial charge in [-0.15, -0.1) is 0 Å². The van der Waals surface area contributed by atoms with Gasteiger partial charge in [0, 0.05) is 12.0 Å². The van der Waals surface area contributed by atoms with Gasteiger partial charge in [0.1, 0.15) is 11.9 Å². The number of benzene rings is 1. The summed E-state index contributed by atoms with van der Waals surface area (Å²) in [5.41, 5.74) is -0.0972. The molecule has 0 amide bonds. The van der Waals surface area contributed by atoms with Crippen LogP contribution < -0.4 is 4.74 Å². The third-order valence-electron chi connectivity index (χ3n) is 3.79. The van der Waals surface area contributed by atoms with E-state index >= 15 is 0 Å². The number of aldehydes is 1. The Morgan fingerprint density at radius 1 is 1.04 bits per heavy atom. The van der Waals surface area contributed by atoms with Crippen molar-refractivity contribution in [2.24, 2.45) is 0 Å². The molecule has 0 saturated carbocycles. The normalized spacial score (nSPS) is 11.2. The monoisotopic (exact) mass is 366 g/mol.